The summed E-state index contributed by atoms with van der Waals surface area (Å²) in [6.07, 6.45) is 0. The number of hydrogen-bond donors (Lipinski definition) is 2. The zero-order chi connectivity index (χ0) is 8.97. The van der Waals surface area contributed by atoms with Gasteiger partial charge >= 0.3 is 0 Å². The van der Waals surface area contributed by atoms with Gasteiger partial charge in [0, 0.05) is 0 Å². The second kappa shape index (κ2) is 4.11. The highest BCUT2D eigenvalue weighted by Gasteiger charge is 2.02. The molecular formula is C8H8BrNO2. The van der Waals surface area contributed by atoms with Gasteiger partial charge in [0.25, 0.3) is 0 Å². The molecule has 2 N–H and O–H groups in total. The van der Waals surface area contributed by atoms with E-state index >= 15 is 0 Å². The van der Waals surface area contributed by atoms with Crippen LogP contribution in [0.3, 0.4) is 0 Å². The van der Waals surface area contributed by atoms with E-state index in [0.29, 0.717) is 5.69 Å². The molecule has 1 aromatic carbocycles. The Morgan fingerprint density at radius 3 is 2.75 bits per heavy atom. The van der Waals surface area contributed by atoms with Crippen molar-refractivity contribution in [2.24, 2.45) is 0 Å². The highest BCUT2D eigenvalue weighted by atomic mass is 79.9. The number of phenols is 1. The number of alkyl halides is 1. The first-order valence-electron chi connectivity index (χ1n) is 3.38. The summed E-state index contributed by atoms with van der Waals surface area (Å²) in [4.78, 5) is 10.9. The number of amides is 1. The van der Waals surface area contributed by atoms with Crippen molar-refractivity contribution in [2.45, 2.75) is 0 Å². The van der Waals surface area contributed by atoms with E-state index in [-0.39, 0.29) is 17.0 Å². The summed E-state index contributed by atoms with van der Waals surface area (Å²) >= 11 is 3.00. The number of carbonyl (C=O) groups excluding carboxylic acids is 1. The molecule has 1 aromatic rings. The van der Waals surface area contributed by atoms with Gasteiger partial charge in [-0.3, -0.25) is 4.79 Å². The van der Waals surface area contributed by atoms with Crippen LogP contribution in [-0.4, -0.2) is 16.3 Å². The van der Waals surface area contributed by atoms with Gasteiger partial charge in [0.15, 0.2) is 0 Å². The molecule has 0 atom stereocenters. The fraction of sp³-hybridized carbons (Fsp3) is 0.125. The third-order valence-electron chi connectivity index (χ3n) is 1.30. The predicted octanol–water partition coefficient (Wildman–Crippen LogP) is 1.73. The molecule has 0 saturated heterocycles. The Hall–Kier alpha value is -1.03. The van der Waals surface area contributed by atoms with Crippen molar-refractivity contribution in [1.82, 2.24) is 0 Å². The first-order chi connectivity index (χ1) is 5.74. The minimum Gasteiger partial charge on any atom is -0.506 e. The third-order valence-corrected chi connectivity index (χ3v) is 1.81. The van der Waals surface area contributed by atoms with Crippen LogP contribution in [0.25, 0.3) is 0 Å². The zero-order valence-electron chi connectivity index (χ0n) is 6.25. The fourth-order valence-corrected chi connectivity index (χ4v) is 0.903. The molecule has 0 radical (unpaired) electrons. The molecule has 0 fully saturated rings. The van der Waals surface area contributed by atoms with Crippen LogP contribution in [0.1, 0.15) is 0 Å². The van der Waals surface area contributed by atoms with Gasteiger partial charge in [-0.1, -0.05) is 28.1 Å². The van der Waals surface area contributed by atoms with Crippen molar-refractivity contribution >= 4 is 27.5 Å². The maximum absolute atomic E-state index is 10.9. The van der Waals surface area contributed by atoms with Crippen molar-refractivity contribution < 1.29 is 9.90 Å². The number of aromatic hydroxyl groups is 1. The van der Waals surface area contributed by atoms with Crippen LogP contribution < -0.4 is 5.32 Å². The van der Waals surface area contributed by atoms with Crippen LogP contribution in [0.2, 0.25) is 0 Å². The van der Waals surface area contributed by atoms with E-state index < -0.39 is 0 Å². The van der Waals surface area contributed by atoms with E-state index in [9.17, 15) is 9.90 Å². The number of hydrogen-bond acceptors (Lipinski definition) is 2. The van der Waals surface area contributed by atoms with Crippen molar-refractivity contribution in [3.63, 3.8) is 0 Å². The summed E-state index contributed by atoms with van der Waals surface area (Å²) in [6, 6.07) is 6.59. The Morgan fingerprint density at radius 2 is 2.17 bits per heavy atom. The van der Waals surface area contributed by atoms with Gasteiger partial charge in [-0.25, -0.2) is 0 Å². The number of anilines is 1. The number of benzene rings is 1. The normalized spacial score (nSPS) is 9.42. The van der Waals surface area contributed by atoms with Gasteiger partial charge in [0.2, 0.25) is 5.91 Å². The van der Waals surface area contributed by atoms with E-state index in [0.717, 1.165) is 0 Å². The number of rotatable bonds is 2. The van der Waals surface area contributed by atoms with Gasteiger partial charge in [0.05, 0.1) is 11.0 Å². The molecule has 0 aliphatic carbocycles. The monoisotopic (exact) mass is 229 g/mol. The van der Waals surface area contributed by atoms with Crippen LogP contribution in [0.4, 0.5) is 5.69 Å². The molecule has 0 saturated carbocycles. The number of carbonyl (C=O) groups is 1. The quantitative estimate of drug-likeness (QED) is 0.600. The minimum atomic E-state index is -0.184. The second-order valence-electron chi connectivity index (χ2n) is 2.20. The highest BCUT2D eigenvalue weighted by Crippen LogP contribution is 2.21. The Bertz CT molecular complexity index is 288. The van der Waals surface area contributed by atoms with E-state index in [1.54, 1.807) is 18.2 Å². The van der Waals surface area contributed by atoms with Crippen LogP contribution >= 0.6 is 15.9 Å². The molecule has 0 unspecified atom stereocenters. The molecule has 3 nitrogen and oxygen atoms in total. The maximum atomic E-state index is 10.9. The lowest BCUT2D eigenvalue weighted by molar-refractivity contribution is -0.113. The molecule has 0 spiro atoms. The molecule has 0 aliphatic heterocycles. The molecule has 12 heavy (non-hydrogen) atoms. The predicted molar refractivity (Wildman–Crippen MR) is 50.5 cm³/mol. The molecule has 0 bridgehead atoms. The summed E-state index contributed by atoms with van der Waals surface area (Å²) in [6.45, 7) is 0. The van der Waals surface area contributed by atoms with E-state index in [1.165, 1.54) is 6.07 Å². The topological polar surface area (TPSA) is 49.3 Å². The average Bonchev–Trinajstić information content (AvgIpc) is 2.09. The van der Waals surface area contributed by atoms with Crippen molar-refractivity contribution in [3.05, 3.63) is 24.3 Å². The zero-order valence-corrected chi connectivity index (χ0v) is 7.84. The highest BCUT2D eigenvalue weighted by molar-refractivity contribution is 9.09. The van der Waals surface area contributed by atoms with Gasteiger partial charge in [-0.05, 0) is 12.1 Å². The number of halogens is 1. The van der Waals surface area contributed by atoms with Crippen molar-refractivity contribution in [1.29, 1.82) is 0 Å². The van der Waals surface area contributed by atoms with E-state index in [4.69, 9.17) is 0 Å². The number of para-hydroxylation sites is 2. The lowest BCUT2D eigenvalue weighted by Crippen LogP contribution is -2.12. The molecule has 64 valence electrons. The lowest BCUT2D eigenvalue weighted by Gasteiger charge is -2.03. The number of nitrogens with one attached hydrogen (secondary N) is 1. The van der Waals surface area contributed by atoms with Crippen LogP contribution in [-0.2, 0) is 4.79 Å². The van der Waals surface area contributed by atoms with Gasteiger partial charge in [-0.15, -0.1) is 0 Å². The summed E-state index contributed by atoms with van der Waals surface area (Å²) in [5, 5.41) is 12.0. The first-order valence-corrected chi connectivity index (χ1v) is 4.50. The fourth-order valence-electron chi connectivity index (χ4n) is 0.763. The Morgan fingerprint density at radius 1 is 1.50 bits per heavy atom. The lowest BCUT2D eigenvalue weighted by atomic mass is 10.3. The third kappa shape index (κ3) is 2.23. The van der Waals surface area contributed by atoms with Gasteiger partial charge < -0.3 is 10.4 Å². The van der Waals surface area contributed by atoms with E-state index in [1.807, 2.05) is 0 Å². The smallest absolute Gasteiger partial charge is 0.235 e. The van der Waals surface area contributed by atoms with Crippen LogP contribution in [0, 0.1) is 0 Å². The van der Waals surface area contributed by atoms with Crippen molar-refractivity contribution in [3.8, 4) is 5.75 Å². The molecule has 0 heterocycles. The minimum absolute atomic E-state index is 0.0757. The standard InChI is InChI=1S/C8H8BrNO2/c9-5-8(12)10-6-3-1-2-4-7(6)11/h1-4,11H,5H2,(H,10,12). The SMILES string of the molecule is O=C(CBr)Nc1ccccc1O. The molecule has 1 amide bonds. The molecule has 0 aliphatic rings. The largest absolute Gasteiger partial charge is 0.506 e. The summed E-state index contributed by atoms with van der Waals surface area (Å²) < 4.78 is 0. The second-order valence-corrected chi connectivity index (χ2v) is 2.76. The first kappa shape index (κ1) is 9.06. The molecule has 0 aromatic heterocycles. The maximum Gasteiger partial charge on any atom is 0.235 e. The summed E-state index contributed by atoms with van der Waals surface area (Å²) in [5.41, 5.74) is 0.432. The average molecular weight is 230 g/mol. The van der Waals surface area contributed by atoms with Crippen LogP contribution in [0.5, 0.6) is 5.75 Å². The Labute approximate surface area is 78.5 Å². The molecule has 1 rings (SSSR count). The number of phenolic OH excluding ortho intramolecular Hbond substituents is 1. The molecule has 4 heteroatoms. The van der Waals surface area contributed by atoms with E-state index in [2.05, 4.69) is 21.2 Å². The van der Waals surface area contributed by atoms with Crippen LogP contribution in [0.15, 0.2) is 24.3 Å². The van der Waals surface area contributed by atoms with Crippen molar-refractivity contribution in [2.75, 3.05) is 10.6 Å². The molecular weight excluding hydrogens is 222 g/mol. The Kier molecular flexibility index (Phi) is 3.10. The summed E-state index contributed by atoms with van der Waals surface area (Å²) in [5.74, 6) is -0.108. The Balaban J connectivity index is 2.75. The van der Waals surface area contributed by atoms with Gasteiger partial charge in [0.1, 0.15) is 5.75 Å². The van der Waals surface area contributed by atoms with Gasteiger partial charge in [-0.2, -0.15) is 0 Å². The summed E-state index contributed by atoms with van der Waals surface area (Å²) in [7, 11) is 0.